The minimum absolute atomic E-state index is 0.0108. The zero-order valence-corrected chi connectivity index (χ0v) is 19.8. The van der Waals surface area contributed by atoms with Gasteiger partial charge in [0.15, 0.2) is 5.75 Å². The molecule has 1 fully saturated rings. The lowest BCUT2D eigenvalue weighted by Gasteiger charge is -2.17. The number of halogens is 5. The van der Waals surface area contributed by atoms with E-state index in [9.17, 15) is 27.2 Å². The predicted octanol–water partition coefficient (Wildman–Crippen LogP) is 4.47. The molecule has 3 N–H and O–H groups in total. The molecule has 0 bridgehead atoms. The number of hydrogen-bond donors (Lipinski definition) is 3. The summed E-state index contributed by atoms with van der Waals surface area (Å²) >= 11 is 3.00. The van der Waals surface area contributed by atoms with Gasteiger partial charge in [-0.1, -0.05) is 15.9 Å². The number of hydrogen-bond acceptors (Lipinski definition) is 7. The van der Waals surface area contributed by atoms with E-state index in [1.165, 1.54) is 30.9 Å². The third-order valence-corrected chi connectivity index (χ3v) is 5.67. The van der Waals surface area contributed by atoms with Gasteiger partial charge in [-0.2, -0.15) is 13.2 Å². The van der Waals surface area contributed by atoms with Crippen LogP contribution in [0.5, 0.6) is 5.75 Å². The Labute approximate surface area is 209 Å². The van der Waals surface area contributed by atoms with Crippen molar-refractivity contribution in [2.45, 2.75) is 31.1 Å². The molecule has 0 atom stereocenters. The monoisotopic (exact) mass is 568 g/mol. The van der Waals surface area contributed by atoms with Crippen molar-refractivity contribution in [1.82, 2.24) is 25.6 Å². The number of benzene rings is 1. The molecule has 1 aliphatic rings. The maximum atomic E-state index is 14.6. The number of amides is 2. The molecule has 0 aliphatic heterocycles. The van der Waals surface area contributed by atoms with Crippen LogP contribution in [0.1, 0.15) is 24.1 Å². The molecule has 9 nitrogen and oxygen atoms in total. The summed E-state index contributed by atoms with van der Waals surface area (Å²) in [5, 5.41) is 7.50. The minimum Gasteiger partial charge on any atom is -0.407 e. The van der Waals surface area contributed by atoms with Crippen LogP contribution >= 0.6 is 15.9 Å². The zero-order valence-electron chi connectivity index (χ0n) is 18.2. The maximum Gasteiger partial charge on any atom is 0.418 e. The van der Waals surface area contributed by atoms with Crippen LogP contribution in [0.2, 0.25) is 0 Å². The van der Waals surface area contributed by atoms with Crippen LogP contribution in [0, 0.1) is 5.82 Å². The lowest BCUT2D eigenvalue weighted by molar-refractivity contribution is -0.137. The van der Waals surface area contributed by atoms with Gasteiger partial charge in [-0.3, -0.25) is 9.78 Å². The molecule has 2 amide bonds. The van der Waals surface area contributed by atoms with Crippen LogP contribution in [0.3, 0.4) is 0 Å². The molecule has 36 heavy (non-hydrogen) atoms. The van der Waals surface area contributed by atoms with Gasteiger partial charge < -0.3 is 20.7 Å². The van der Waals surface area contributed by atoms with Gasteiger partial charge in [-0.25, -0.2) is 19.2 Å². The number of nitrogens with one attached hydrogen (secondary N) is 3. The second-order valence-electron chi connectivity index (χ2n) is 7.82. The van der Waals surface area contributed by atoms with Gasteiger partial charge in [-0.05, 0) is 31.0 Å². The molecule has 1 saturated carbocycles. The number of pyridine rings is 1. The van der Waals surface area contributed by atoms with E-state index in [0.29, 0.717) is 12.8 Å². The number of ether oxygens (including phenoxy) is 1. The third-order valence-electron chi connectivity index (χ3n) is 5.17. The fourth-order valence-electron chi connectivity index (χ4n) is 3.21. The van der Waals surface area contributed by atoms with E-state index in [-0.39, 0.29) is 33.8 Å². The Hall–Kier alpha value is -3.81. The molecule has 1 aromatic carbocycles. The van der Waals surface area contributed by atoms with E-state index in [4.69, 9.17) is 4.74 Å². The molecule has 2 aromatic heterocycles. The number of alkyl halides is 3. The molecule has 4 rings (SSSR count). The van der Waals surface area contributed by atoms with Crippen LogP contribution in [-0.2, 0) is 17.5 Å². The molecule has 1 aliphatic carbocycles. The van der Waals surface area contributed by atoms with Crippen molar-refractivity contribution in [3.05, 3.63) is 70.7 Å². The van der Waals surface area contributed by atoms with Crippen molar-refractivity contribution in [2.75, 3.05) is 5.32 Å². The molecular formula is C22H17BrF4N6O3. The van der Waals surface area contributed by atoms with Crippen LogP contribution in [0.25, 0.3) is 0 Å². The smallest absolute Gasteiger partial charge is 0.407 e. The normalized spacial score (nSPS) is 14.0. The summed E-state index contributed by atoms with van der Waals surface area (Å²) in [6.45, 7) is -0.304. The number of rotatable bonds is 7. The van der Waals surface area contributed by atoms with Crippen molar-refractivity contribution in [2.24, 2.45) is 0 Å². The highest BCUT2D eigenvalue weighted by molar-refractivity contribution is 9.10. The van der Waals surface area contributed by atoms with E-state index in [1.54, 1.807) is 0 Å². The fourth-order valence-corrected chi connectivity index (χ4v) is 3.57. The Balaban J connectivity index is 1.36. The first-order chi connectivity index (χ1) is 17.1. The van der Waals surface area contributed by atoms with Crippen LogP contribution < -0.4 is 20.7 Å². The Kier molecular flexibility index (Phi) is 7.06. The second-order valence-corrected chi connectivity index (χ2v) is 8.73. The van der Waals surface area contributed by atoms with Crippen molar-refractivity contribution >= 4 is 39.3 Å². The Morgan fingerprint density at radius 2 is 1.83 bits per heavy atom. The number of anilines is 2. The number of carbonyl (C=O) groups is 2. The van der Waals surface area contributed by atoms with Gasteiger partial charge >= 0.3 is 12.3 Å². The van der Waals surface area contributed by atoms with E-state index in [1.807, 2.05) is 0 Å². The quantitative estimate of drug-likeness (QED) is 0.360. The first kappa shape index (κ1) is 25.3. The molecule has 0 spiro atoms. The average Bonchev–Trinajstić information content (AvgIpc) is 3.60. The lowest BCUT2D eigenvalue weighted by Crippen LogP contribution is -2.49. The van der Waals surface area contributed by atoms with Crippen LogP contribution in [0.4, 0.5) is 33.7 Å². The van der Waals surface area contributed by atoms with E-state index in [2.05, 4.69) is 46.8 Å². The summed E-state index contributed by atoms with van der Waals surface area (Å²) in [5.41, 5.74) is -2.55. The second kappa shape index (κ2) is 10.0. The molecular weight excluding hydrogens is 552 g/mol. The molecule has 3 aromatic rings. The van der Waals surface area contributed by atoms with Crippen molar-refractivity contribution in [3.63, 3.8) is 0 Å². The lowest BCUT2D eigenvalue weighted by atomic mass is 10.1. The average molecular weight is 569 g/mol. The van der Waals surface area contributed by atoms with Gasteiger partial charge in [0.25, 0.3) is 0 Å². The molecule has 0 unspecified atom stereocenters. The van der Waals surface area contributed by atoms with E-state index >= 15 is 0 Å². The number of nitrogens with zero attached hydrogens (tertiary/aromatic N) is 3. The van der Waals surface area contributed by atoms with Crippen molar-refractivity contribution in [1.29, 1.82) is 0 Å². The Morgan fingerprint density at radius 1 is 1.11 bits per heavy atom. The van der Waals surface area contributed by atoms with E-state index in [0.717, 1.165) is 18.3 Å². The van der Waals surface area contributed by atoms with Gasteiger partial charge in [0.2, 0.25) is 5.91 Å². The summed E-state index contributed by atoms with van der Waals surface area (Å²) in [6, 6.07) is 4.50. The SMILES string of the molecule is O=C(NC1(C(=O)NCc2ncc(Nc3ccc(Br)cc3C(F)(F)F)cc2F)CC1)Oc1cncnc1. The third kappa shape index (κ3) is 6.05. The largest absolute Gasteiger partial charge is 0.418 e. The first-order valence-corrected chi connectivity index (χ1v) is 11.2. The van der Waals surface area contributed by atoms with Gasteiger partial charge in [0.05, 0.1) is 47.8 Å². The predicted molar refractivity (Wildman–Crippen MR) is 122 cm³/mol. The maximum absolute atomic E-state index is 14.6. The summed E-state index contributed by atoms with van der Waals surface area (Å²) in [7, 11) is 0. The van der Waals surface area contributed by atoms with Crippen LogP contribution in [0.15, 0.2) is 53.7 Å². The Morgan fingerprint density at radius 3 is 2.47 bits per heavy atom. The summed E-state index contributed by atoms with van der Waals surface area (Å²) < 4.78 is 59.8. The zero-order chi connectivity index (χ0) is 25.9. The van der Waals surface area contributed by atoms with Gasteiger partial charge in [-0.15, -0.1) is 0 Å². The minimum atomic E-state index is -4.63. The molecule has 0 radical (unpaired) electrons. The van der Waals surface area contributed by atoms with Gasteiger partial charge in [0, 0.05) is 10.5 Å². The molecule has 188 valence electrons. The van der Waals surface area contributed by atoms with Crippen molar-refractivity contribution in [3.8, 4) is 5.75 Å². The number of carbonyl (C=O) groups excluding carboxylic acids is 2. The molecule has 2 heterocycles. The topological polar surface area (TPSA) is 118 Å². The summed E-state index contributed by atoms with van der Waals surface area (Å²) in [4.78, 5) is 36.0. The highest BCUT2D eigenvalue weighted by Crippen LogP contribution is 2.38. The summed E-state index contributed by atoms with van der Waals surface area (Å²) in [6.07, 6.45) is 0.173. The highest BCUT2D eigenvalue weighted by Gasteiger charge is 2.51. The fraction of sp³-hybridized carbons (Fsp3) is 0.227. The van der Waals surface area contributed by atoms with Crippen molar-refractivity contribution < 1.29 is 31.9 Å². The highest BCUT2D eigenvalue weighted by atomic mass is 79.9. The number of aromatic nitrogens is 3. The molecule has 0 saturated heterocycles. The Bertz CT molecular complexity index is 1290. The molecule has 14 heteroatoms. The van der Waals surface area contributed by atoms with Crippen LogP contribution in [-0.4, -0.2) is 32.5 Å². The standard InChI is InChI=1S/C22H17BrF4N6O3/c23-12-1-2-17(15(5-12)22(25,26)27)32-13-6-16(24)18(30-7-13)10-31-19(34)21(3-4-21)33-20(35)36-14-8-28-11-29-9-14/h1-2,5-9,11,32H,3-4,10H2,(H,31,34)(H,33,35). The van der Waals surface area contributed by atoms with Gasteiger partial charge in [0.1, 0.15) is 17.7 Å². The first-order valence-electron chi connectivity index (χ1n) is 10.4. The van der Waals surface area contributed by atoms with E-state index < -0.39 is 35.1 Å². The summed E-state index contributed by atoms with van der Waals surface area (Å²) in [5.74, 6) is -1.30.